The maximum atomic E-state index is 12.0. The lowest BCUT2D eigenvalue weighted by atomic mass is 9.93. The van der Waals surface area contributed by atoms with Gasteiger partial charge >= 0.3 is 5.69 Å². The highest BCUT2D eigenvalue weighted by Crippen LogP contribution is 2.28. The average Bonchev–Trinajstić information content (AvgIpc) is 2.60. The lowest BCUT2D eigenvalue weighted by molar-refractivity contribution is 0.277. The molecule has 0 N–H and O–H groups in total. The molecule has 1 fully saturated rings. The fraction of sp³-hybridized carbons (Fsp3) is 0.455. The molecule has 0 atom stereocenters. The maximum Gasteiger partial charge on any atom is 0.364 e. The highest BCUT2D eigenvalue weighted by molar-refractivity contribution is 6.30. The van der Waals surface area contributed by atoms with Crippen LogP contribution in [-0.2, 0) is 6.54 Å². The molecule has 3 rings (SSSR count). The van der Waals surface area contributed by atoms with Crippen molar-refractivity contribution in [1.29, 1.82) is 0 Å². The van der Waals surface area contributed by atoms with Crippen molar-refractivity contribution in [3.63, 3.8) is 0 Å². The van der Waals surface area contributed by atoms with Gasteiger partial charge in [0.2, 0.25) is 0 Å². The van der Waals surface area contributed by atoms with Crippen molar-refractivity contribution in [2.24, 2.45) is 0 Å². The number of hydrogen-bond donors (Lipinski definition) is 0. The van der Waals surface area contributed by atoms with Gasteiger partial charge in [-0.05, 0) is 41.3 Å². The largest absolute Gasteiger partial charge is 0.364 e. The lowest BCUT2D eigenvalue weighted by Gasteiger charge is -2.23. The Labute approximate surface area is 108 Å². The van der Waals surface area contributed by atoms with Gasteiger partial charge in [0.15, 0.2) is 0 Å². The minimum absolute atomic E-state index is 0.167. The Morgan fingerprint density at radius 3 is 2.83 bits per heavy atom. The van der Waals surface area contributed by atoms with Crippen LogP contribution in [0.25, 0.3) is 0 Å². The summed E-state index contributed by atoms with van der Waals surface area (Å²) < 4.78 is 2.81. The molecule has 0 unspecified atom stereocenters. The molecule has 0 bridgehead atoms. The summed E-state index contributed by atoms with van der Waals surface area (Å²) in [5.41, 5.74) is 0.671. The summed E-state index contributed by atoms with van der Waals surface area (Å²) in [5.74, 6) is 0. The van der Waals surface area contributed by atoms with Crippen LogP contribution < -0.4 is 5.69 Å². The van der Waals surface area contributed by atoms with Crippen LogP contribution in [0, 0.1) is 0 Å². The summed E-state index contributed by atoms with van der Waals surface area (Å²) in [4.78, 5) is 16.0. The predicted octanol–water partition coefficient (Wildman–Crippen LogP) is 1.26. The van der Waals surface area contributed by atoms with E-state index in [2.05, 4.69) is 15.4 Å². The van der Waals surface area contributed by atoms with E-state index in [-0.39, 0.29) is 11.7 Å². The first-order chi connectivity index (χ1) is 8.74. The maximum absolute atomic E-state index is 12.0. The Kier molecular flexibility index (Phi) is 2.87. The van der Waals surface area contributed by atoms with E-state index in [1.807, 2.05) is 0 Å². The van der Waals surface area contributed by atoms with Crippen molar-refractivity contribution in [2.45, 2.75) is 31.8 Å². The molecule has 1 aliphatic carbocycles. The van der Waals surface area contributed by atoms with Crippen LogP contribution >= 0.6 is 11.6 Å². The number of halogens is 1. The Bertz CT molecular complexity index is 616. The van der Waals surface area contributed by atoms with Gasteiger partial charge < -0.3 is 0 Å². The Morgan fingerprint density at radius 1 is 1.33 bits per heavy atom. The third-order valence-electron chi connectivity index (χ3n) is 3.18. The number of pyridine rings is 1. The van der Waals surface area contributed by atoms with Gasteiger partial charge in [0, 0.05) is 12.4 Å². The van der Waals surface area contributed by atoms with Crippen molar-refractivity contribution in [3.05, 3.63) is 39.5 Å². The third kappa shape index (κ3) is 2.03. The molecule has 0 amide bonds. The molecule has 0 aromatic carbocycles. The molecule has 2 aromatic heterocycles. The molecule has 94 valence electrons. The SMILES string of the molecule is O=c1n(Cc2cncc(Cl)c2)nnn1C1CCC1. The van der Waals surface area contributed by atoms with Crippen molar-refractivity contribution in [3.8, 4) is 0 Å². The molecule has 0 aliphatic heterocycles. The molecule has 18 heavy (non-hydrogen) atoms. The topological polar surface area (TPSA) is 65.6 Å². The summed E-state index contributed by atoms with van der Waals surface area (Å²) in [5, 5.41) is 8.36. The van der Waals surface area contributed by atoms with Crippen LogP contribution in [0.4, 0.5) is 0 Å². The average molecular weight is 266 g/mol. The van der Waals surface area contributed by atoms with Gasteiger partial charge in [-0.15, -0.1) is 0 Å². The quantitative estimate of drug-likeness (QED) is 0.838. The van der Waals surface area contributed by atoms with Crippen LogP contribution in [0.1, 0.15) is 30.9 Å². The van der Waals surface area contributed by atoms with Gasteiger partial charge in [0.25, 0.3) is 0 Å². The molecule has 6 nitrogen and oxygen atoms in total. The summed E-state index contributed by atoms with van der Waals surface area (Å²) in [7, 11) is 0. The standard InChI is InChI=1S/C11H12ClN5O/c12-9-4-8(5-13-6-9)7-16-11(18)17(15-14-16)10-2-1-3-10/h4-6,10H,1-3,7H2. The summed E-state index contributed by atoms with van der Waals surface area (Å²) >= 11 is 5.85. The monoisotopic (exact) mass is 265 g/mol. The Hall–Kier alpha value is -1.69. The molecular formula is C11H12ClN5O. The molecule has 2 aromatic rings. The number of aromatic nitrogens is 5. The Morgan fingerprint density at radius 2 is 2.17 bits per heavy atom. The second kappa shape index (κ2) is 4.53. The van der Waals surface area contributed by atoms with E-state index in [1.54, 1.807) is 18.5 Å². The minimum atomic E-state index is -0.167. The van der Waals surface area contributed by atoms with E-state index in [0.29, 0.717) is 11.6 Å². The van der Waals surface area contributed by atoms with Gasteiger partial charge in [-0.2, -0.15) is 9.36 Å². The molecule has 1 aliphatic rings. The number of hydrogen-bond acceptors (Lipinski definition) is 4. The van der Waals surface area contributed by atoms with Crippen molar-refractivity contribution >= 4 is 11.6 Å². The molecule has 1 saturated carbocycles. The molecule has 0 spiro atoms. The van der Waals surface area contributed by atoms with E-state index in [1.165, 1.54) is 9.36 Å². The third-order valence-corrected chi connectivity index (χ3v) is 3.38. The summed E-state index contributed by atoms with van der Waals surface area (Å²) in [6.45, 7) is 0.346. The van der Waals surface area contributed by atoms with Crippen LogP contribution in [0.2, 0.25) is 5.02 Å². The predicted molar refractivity (Wildman–Crippen MR) is 65.5 cm³/mol. The highest BCUT2D eigenvalue weighted by Gasteiger charge is 2.23. The van der Waals surface area contributed by atoms with Gasteiger partial charge in [0.05, 0.1) is 17.6 Å². The van der Waals surface area contributed by atoms with E-state index in [0.717, 1.165) is 24.8 Å². The van der Waals surface area contributed by atoms with Crippen molar-refractivity contribution in [1.82, 2.24) is 24.8 Å². The zero-order chi connectivity index (χ0) is 12.5. The molecule has 0 saturated heterocycles. The zero-order valence-electron chi connectivity index (χ0n) is 9.66. The van der Waals surface area contributed by atoms with Gasteiger partial charge in [-0.1, -0.05) is 11.6 Å². The number of nitrogens with zero attached hydrogens (tertiary/aromatic N) is 5. The van der Waals surface area contributed by atoms with E-state index in [9.17, 15) is 4.79 Å². The first-order valence-electron chi connectivity index (χ1n) is 5.86. The first kappa shape index (κ1) is 11.4. The van der Waals surface area contributed by atoms with Crippen LogP contribution in [0.15, 0.2) is 23.3 Å². The fourth-order valence-electron chi connectivity index (χ4n) is 1.96. The van der Waals surface area contributed by atoms with Crippen LogP contribution in [0.3, 0.4) is 0 Å². The highest BCUT2D eigenvalue weighted by atomic mass is 35.5. The zero-order valence-corrected chi connectivity index (χ0v) is 10.4. The number of tetrazole rings is 1. The van der Waals surface area contributed by atoms with E-state index < -0.39 is 0 Å². The second-order valence-electron chi connectivity index (χ2n) is 4.46. The first-order valence-corrected chi connectivity index (χ1v) is 6.23. The lowest BCUT2D eigenvalue weighted by Crippen LogP contribution is -2.31. The second-order valence-corrected chi connectivity index (χ2v) is 4.90. The van der Waals surface area contributed by atoms with Crippen molar-refractivity contribution < 1.29 is 0 Å². The van der Waals surface area contributed by atoms with Crippen molar-refractivity contribution in [2.75, 3.05) is 0 Å². The van der Waals surface area contributed by atoms with E-state index in [4.69, 9.17) is 11.6 Å². The van der Waals surface area contributed by atoms with Gasteiger partial charge in [-0.25, -0.2) is 4.79 Å². The molecular weight excluding hydrogens is 254 g/mol. The Balaban J connectivity index is 1.85. The summed E-state index contributed by atoms with van der Waals surface area (Å²) in [6.07, 6.45) is 6.40. The minimum Gasteiger partial charge on any atom is -0.263 e. The number of rotatable bonds is 3. The normalized spacial score (nSPS) is 15.6. The molecule has 2 heterocycles. The van der Waals surface area contributed by atoms with Crippen LogP contribution in [0.5, 0.6) is 0 Å². The smallest absolute Gasteiger partial charge is 0.263 e. The molecule has 0 radical (unpaired) electrons. The van der Waals surface area contributed by atoms with Gasteiger partial charge in [-0.3, -0.25) is 4.98 Å². The summed E-state index contributed by atoms with van der Waals surface area (Å²) in [6, 6.07) is 1.99. The molecule has 7 heteroatoms. The fourth-order valence-corrected chi connectivity index (χ4v) is 2.16. The van der Waals surface area contributed by atoms with Gasteiger partial charge in [0.1, 0.15) is 0 Å². The van der Waals surface area contributed by atoms with Crippen LogP contribution in [-0.4, -0.2) is 24.8 Å². The van der Waals surface area contributed by atoms with E-state index >= 15 is 0 Å².